The molecule has 2 aliphatic carbocycles. The number of rotatable bonds is 2. The van der Waals surface area contributed by atoms with Crippen molar-refractivity contribution in [3.8, 4) is 0 Å². The van der Waals surface area contributed by atoms with Crippen LogP contribution in [0.1, 0.15) is 76.7 Å². The molecule has 2 N–H and O–H groups in total. The Kier molecular flexibility index (Phi) is 6.69. The van der Waals surface area contributed by atoms with Crippen LogP contribution in [0, 0.1) is 23.7 Å². The molecule has 2 aromatic rings. The first kappa shape index (κ1) is 25.0. The Morgan fingerprint density at radius 3 is 1.31 bits per heavy atom. The molecule has 2 fully saturated rings. The van der Waals surface area contributed by atoms with Crippen molar-refractivity contribution in [1.29, 1.82) is 0 Å². The molecule has 4 aliphatic rings. The smallest absolute Gasteiger partial charge is 0.224 e. The molecule has 192 valence electrons. The van der Waals surface area contributed by atoms with E-state index in [2.05, 4.69) is 13.8 Å². The van der Waals surface area contributed by atoms with E-state index in [-0.39, 0.29) is 35.7 Å². The van der Waals surface area contributed by atoms with E-state index in [1.807, 2.05) is 58.3 Å². The Morgan fingerprint density at radius 1 is 0.667 bits per heavy atom. The Labute approximate surface area is 213 Å². The van der Waals surface area contributed by atoms with Gasteiger partial charge in [-0.2, -0.15) is 0 Å². The Bertz CT molecular complexity index is 1050. The molecule has 0 spiro atoms. The summed E-state index contributed by atoms with van der Waals surface area (Å²) in [4.78, 5) is 27.8. The zero-order valence-corrected chi connectivity index (χ0v) is 21.7. The van der Waals surface area contributed by atoms with Crippen LogP contribution in [0.25, 0.3) is 0 Å². The Balaban J connectivity index is 0.000000148. The summed E-state index contributed by atoms with van der Waals surface area (Å²) in [7, 11) is 0. The van der Waals surface area contributed by atoms with Gasteiger partial charge in [-0.25, -0.2) is 0 Å². The highest BCUT2D eigenvalue weighted by molar-refractivity contribution is 5.94. The van der Waals surface area contributed by atoms with Crippen LogP contribution in [0.4, 0.5) is 11.4 Å². The topological polar surface area (TPSA) is 81.1 Å². The predicted octanol–water partition coefficient (Wildman–Crippen LogP) is 5.00. The van der Waals surface area contributed by atoms with Crippen LogP contribution < -0.4 is 9.80 Å². The Morgan fingerprint density at radius 2 is 1.00 bits per heavy atom. The van der Waals surface area contributed by atoms with Gasteiger partial charge >= 0.3 is 0 Å². The zero-order valence-electron chi connectivity index (χ0n) is 21.7. The van der Waals surface area contributed by atoms with E-state index in [0.29, 0.717) is 11.8 Å². The molecule has 0 unspecified atom stereocenters. The lowest BCUT2D eigenvalue weighted by molar-refractivity contribution is -0.118. The van der Waals surface area contributed by atoms with Crippen molar-refractivity contribution in [1.82, 2.24) is 0 Å². The molecular weight excluding hydrogens is 452 g/mol. The molecular formula is C30H38N2O4. The van der Waals surface area contributed by atoms with Crippen molar-refractivity contribution < 1.29 is 19.8 Å². The van der Waals surface area contributed by atoms with Gasteiger partial charge in [-0.05, 0) is 49.7 Å². The third-order valence-corrected chi connectivity index (χ3v) is 8.59. The van der Waals surface area contributed by atoms with Crippen LogP contribution in [0.15, 0.2) is 48.5 Å². The first-order valence-electron chi connectivity index (χ1n) is 13.4. The minimum absolute atomic E-state index is 0.0816. The van der Waals surface area contributed by atoms with Gasteiger partial charge in [-0.15, -0.1) is 0 Å². The van der Waals surface area contributed by atoms with E-state index in [0.717, 1.165) is 22.5 Å². The second-order valence-corrected chi connectivity index (χ2v) is 11.2. The molecule has 6 nitrogen and oxygen atoms in total. The zero-order chi connectivity index (χ0) is 25.7. The number of carbonyl (C=O) groups excluding carboxylic acids is 2. The predicted molar refractivity (Wildman–Crippen MR) is 140 cm³/mol. The van der Waals surface area contributed by atoms with Crippen molar-refractivity contribution in [2.45, 2.75) is 77.7 Å². The molecule has 0 saturated heterocycles. The number of hydrogen-bond acceptors (Lipinski definition) is 4. The lowest BCUT2D eigenvalue weighted by Crippen LogP contribution is -2.49. The fourth-order valence-electron chi connectivity index (χ4n) is 6.56. The lowest BCUT2D eigenvalue weighted by atomic mass is 9.82. The van der Waals surface area contributed by atoms with Crippen molar-refractivity contribution >= 4 is 23.2 Å². The van der Waals surface area contributed by atoms with Crippen molar-refractivity contribution in [2.24, 2.45) is 23.7 Å². The van der Waals surface area contributed by atoms with Gasteiger partial charge in [0.05, 0.1) is 12.2 Å². The van der Waals surface area contributed by atoms with Crippen molar-refractivity contribution in [3.05, 3.63) is 59.7 Å². The van der Waals surface area contributed by atoms with Gasteiger partial charge in [-0.1, -0.05) is 50.2 Å². The SMILES string of the molecule is CC(=O)N1c2ccccc2[C@@H](O)[C@@H](C)[C@@H]1C1CC1.CC(=O)N1c2ccccc2[C@H](O)[C@@H](C)[C@@H]1C1CC1. The van der Waals surface area contributed by atoms with Gasteiger partial charge in [0.1, 0.15) is 0 Å². The molecule has 0 bridgehead atoms. The number of para-hydroxylation sites is 2. The number of hydrogen-bond donors (Lipinski definition) is 2. The van der Waals surface area contributed by atoms with Crippen molar-refractivity contribution in [3.63, 3.8) is 0 Å². The molecule has 36 heavy (non-hydrogen) atoms. The van der Waals surface area contributed by atoms with Gasteiger partial charge in [0, 0.05) is 60.3 Å². The average Bonchev–Trinajstić information content (AvgIpc) is 3.77. The van der Waals surface area contributed by atoms with Crippen LogP contribution in [0.5, 0.6) is 0 Å². The fraction of sp³-hybridized carbons (Fsp3) is 0.533. The molecule has 2 amide bonds. The average molecular weight is 491 g/mol. The van der Waals surface area contributed by atoms with Gasteiger partial charge < -0.3 is 20.0 Å². The number of aliphatic hydroxyl groups excluding tert-OH is 2. The third kappa shape index (κ3) is 4.35. The summed E-state index contributed by atoms with van der Waals surface area (Å²) < 4.78 is 0. The summed E-state index contributed by atoms with van der Waals surface area (Å²) >= 11 is 0. The highest BCUT2D eigenvalue weighted by atomic mass is 16.3. The summed E-state index contributed by atoms with van der Waals surface area (Å²) in [5, 5.41) is 20.9. The quantitative estimate of drug-likeness (QED) is 0.621. The largest absolute Gasteiger partial charge is 0.388 e. The molecule has 2 aromatic carbocycles. The van der Waals surface area contributed by atoms with Crippen LogP contribution in [-0.4, -0.2) is 34.1 Å². The highest BCUT2D eigenvalue weighted by Crippen LogP contribution is 2.50. The maximum absolute atomic E-state index is 12.0. The summed E-state index contributed by atoms with van der Waals surface area (Å²) in [6, 6.07) is 15.8. The standard InChI is InChI=1S/2C15H19NO2/c2*1-9-14(11-7-8-11)16(10(2)17)13-6-4-3-5-12(13)15(9)18/h2*3-6,9,11,14-15,18H,7-8H2,1-2H3/t9-,14+,15+;9-,14+,15-/m00/s1. The molecule has 2 saturated carbocycles. The van der Waals surface area contributed by atoms with Crippen LogP contribution in [-0.2, 0) is 9.59 Å². The summed E-state index contributed by atoms with van der Waals surface area (Å²) in [6.45, 7) is 7.35. The highest BCUT2D eigenvalue weighted by Gasteiger charge is 2.48. The van der Waals surface area contributed by atoms with Gasteiger partial charge in [0.2, 0.25) is 11.8 Å². The first-order chi connectivity index (χ1) is 17.2. The van der Waals surface area contributed by atoms with Crippen molar-refractivity contribution in [2.75, 3.05) is 9.80 Å². The monoisotopic (exact) mass is 490 g/mol. The van der Waals surface area contributed by atoms with Crippen LogP contribution >= 0.6 is 0 Å². The van der Waals surface area contributed by atoms with Gasteiger partial charge in [0.15, 0.2) is 0 Å². The van der Waals surface area contributed by atoms with E-state index < -0.39 is 12.2 Å². The molecule has 6 heteroatoms. The molecule has 0 radical (unpaired) electrons. The molecule has 6 rings (SSSR count). The number of nitrogens with zero attached hydrogens (tertiary/aromatic N) is 2. The van der Waals surface area contributed by atoms with E-state index in [9.17, 15) is 19.8 Å². The maximum Gasteiger partial charge on any atom is 0.224 e. The Hall–Kier alpha value is -2.70. The van der Waals surface area contributed by atoms with E-state index in [1.165, 1.54) is 25.7 Å². The van der Waals surface area contributed by atoms with Gasteiger partial charge in [-0.3, -0.25) is 9.59 Å². The number of benzene rings is 2. The summed E-state index contributed by atoms with van der Waals surface area (Å²) in [5.41, 5.74) is 3.56. The summed E-state index contributed by atoms with van der Waals surface area (Å²) in [6.07, 6.45) is 3.78. The normalized spacial score (nSPS) is 31.1. The first-order valence-corrected chi connectivity index (χ1v) is 13.4. The minimum atomic E-state index is -0.456. The van der Waals surface area contributed by atoms with Crippen LogP contribution in [0.3, 0.4) is 0 Å². The minimum Gasteiger partial charge on any atom is -0.388 e. The number of carbonyl (C=O) groups is 2. The second kappa shape index (κ2) is 9.64. The molecule has 2 heterocycles. The van der Waals surface area contributed by atoms with Gasteiger partial charge in [0.25, 0.3) is 0 Å². The second-order valence-electron chi connectivity index (χ2n) is 11.2. The van der Waals surface area contributed by atoms with Crippen LogP contribution in [0.2, 0.25) is 0 Å². The maximum atomic E-state index is 12.0. The molecule has 2 aliphatic heterocycles. The number of amides is 2. The lowest BCUT2D eigenvalue weighted by Gasteiger charge is -2.43. The third-order valence-electron chi connectivity index (χ3n) is 8.59. The van der Waals surface area contributed by atoms with E-state index >= 15 is 0 Å². The number of aliphatic hydroxyl groups is 2. The molecule has 6 atom stereocenters. The summed E-state index contributed by atoms with van der Waals surface area (Å²) in [5.74, 6) is 1.50. The van der Waals surface area contributed by atoms with E-state index in [4.69, 9.17) is 0 Å². The number of fused-ring (bicyclic) bond motifs is 2. The molecule has 0 aromatic heterocycles. The van der Waals surface area contributed by atoms with E-state index in [1.54, 1.807) is 13.8 Å². The fourth-order valence-corrected chi connectivity index (χ4v) is 6.56. The number of anilines is 2.